The van der Waals surface area contributed by atoms with Crippen LogP contribution in [0.3, 0.4) is 0 Å². The number of ether oxygens (including phenoxy) is 1. The van der Waals surface area contributed by atoms with Gasteiger partial charge >= 0.3 is 5.97 Å². The predicted octanol–water partition coefficient (Wildman–Crippen LogP) is 2.98. The number of anilines is 1. The fourth-order valence-corrected chi connectivity index (χ4v) is 3.67. The number of Topliss-reactive ketones (excluding diaryl/α,β-unsaturated/α-hetero) is 1. The summed E-state index contributed by atoms with van der Waals surface area (Å²) in [6.45, 7) is 0.783. The summed E-state index contributed by atoms with van der Waals surface area (Å²) >= 11 is 11.9. The molecule has 0 saturated heterocycles. The van der Waals surface area contributed by atoms with Crippen LogP contribution in [-0.2, 0) is 19.1 Å². The van der Waals surface area contributed by atoms with Crippen molar-refractivity contribution < 1.29 is 24.0 Å². The molecule has 3 atom stereocenters. The van der Waals surface area contributed by atoms with Crippen LogP contribution in [0, 0.1) is 27.9 Å². The van der Waals surface area contributed by atoms with Gasteiger partial charge in [0.1, 0.15) is 5.78 Å². The summed E-state index contributed by atoms with van der Waals surface area (Å²) in [6, 6.07) is 4.69. The maximum atomic E-state index is 12.0. The average Bonchev–Trinajstić information content (AvgIpc) is 2.83. The number of hydrogen-bond donors (Lipinski definition) is 1. The second-order valence-corrected chi connectivity index (χ2v) is 7.26. The summed E-state index contributed by atoms with van der Waals surface area (Å²) in [7, 11) is 0. The number of amides is 1. The lowest BCUT2D eigenvalue weighted by Crippen LogP contribution is -2.28. The number of para-hydroxylation sites is 1. The molecule has 2 rings (SSSR count). The molecule has 1 aliphatic rings. The molecule has 1 saturated carbocycles. The normalized spacial score (nSPS) is 21.7. The van der Waals surface area contributed by atoms with Gasteiger partial charge < -0.3 is 10.1 Å². The van der Waals surface area contributed by atoms with Gasteiger partial charge in [-0.15, -0.1) is 0 Å². The van der Waals surface area contributed by atoms with E-state index in [-0.39, 0.29) is 46.8 Å². The molecule has 1 N–H and O–H groups in total. The number of hydrogen-bond acceptors (Lipinski definition) is 6. The number of nitro groups is 1. The van der Waals surface area contributed by atoms with Gasteiger partial charge in [-0.25, -0.2) is 0 Å². The Balaban J connectivity index is 1.89. The van der Waals surface area contributed by atoms with Crippen molar-refractivity contribution in [3.63, 3.8) is 0 Å². The number of nitrogens with one attached hydrogen (secondary N) is 1. The Morgan fingerprint density at radius 1 is 1.33 bits per heavy atom. The van der Waals surface area contributed by atoms with Gasteiger partial charge in [-0.2, -0.15) is 0 Å². The van der Waals surface area contributed by atoms with E-state index in [4.69, 9.17) is 27.9 Å². The molecule has 0 radical (unpaired) electrons. The Labute approximate surface area is 165 Å². The van der Waals surface area contributed by atoms with Gasteiger partial charge in [0.25, 0.3) is 5.91 Å². The maximum Gasteiger partial charge on any atom is 0.307 e. The predicted molar refractivity (Wildman–Crippen MR) is 98.3 cm³/mol. The first-order valence-electron chi connectivity index (χ1n) is 8.23. The van der Waals surface area contributed by atoms with Gasteiger partial charge in [-0.1, -0.05) is 36.2 Å². The van der Waals surface area contributed by atoms with Crippen molar-refractivity contribution in [3.05, 3.63) is 38.4 Å². The zero-order chi connectivity index (χ0) is 20.1. The molecule has 1 aliphatic carbocycles. The van der Waals surface area contributed by atoms with Crippen molar-refractivity contribution in [3.8, 4) is 0 Å². The van der Waals surface area contributed by atoms with Crippen molar-refractivity contribution in [1.29, 1.82) is 0 Å². The molecule has 146 valence electrons. The lowest BCUT2D eigenvalue weighted by molar-refractivity contribution is -0.490. The van der Waals surface area contributed by atoms with Crippen molar-refractivity contribution in [2.45, 2.75) is 19.8 Å². The zero-order valence-corrected chi connectivity index (χ0v) is 16.0. The van der Waals surface area contributed by atoms with E-state index in [1.807, 2.05) is 0 Å². The molecule has 27 heavy (non-hydrogen) atoms. The largest absolute Gasteiger partial charge is 0.456 e. The summed E-state index contributed by atoms with van der Waals surface area (Å²) in [6.07, 6.45) is -0.0935. The van der Waals surface area contributed by atoms with Crippen LogP contribution in [0.2, 0.25) is 10.0 Å². The molecule has 0 heterocycles. The van der Waals surface area contributed by atoms with Crippen LogP contribution in [0.5, 0.6) is 0 Å². The van der Waals surface area contributed by atoms with E-state index in [2.05, 4.69) is 5.32 Å². The van der Waals surface area contributed by atoms with E-state index < -0.39 is 35.2 Å². The summed E-state index contributed by atoms with van der Waals surface area (Å²) in [5.74, 6) is -3.07. The van der Waals surface area contributed by atoms with Crippen LogP contribution in [0.4, 0.5) is 5.69 Å². The first-order chi connectivity index (χ1) is 12.7. The third-order valence-electron chi connectivity index (χ3n) is 4.52. The van der Waals surface area contributed by atoms with Crippen molar-refractivity contribution in [1.82, 2.24) is 0 Å². The maximum absolute atomic E-state index is 12.0. The van der Waals surface area contributed by atoms with Crippen molar-refractivity contribution in [2.24, 2.45) is 17.8 Å². The molecular formula is C17H18Cl2N2O6. The van der Waals surface area contributed by atoms with Crippen LogP contribution in [0.25, 0.3) is 0 Å². The van der Waals surface area contributed by atoms with Gasteiger partial charge in [-0.3, -0.25) is 24.5 Å². The minimum absolute atomic E-state index is 0.175. The monoisotopic (exact) mass is 416 g/mol. The first kappa shape index (κ1) is 21.1. The molecule has 1 aromatic carbocycles. The molecule has 1 amide bonds. The number of nitrogens with zero attached hydrogens (tertiary/aromatic N) is 1. The van der Waals surface area contributed by atoms with Crippen LogP contribution in [0.1, 0.15) is 19.8 Å². The highest BCUT2D eigenvalue weighted by Gasteiger charge is 2.44. The highest BCUT2D eigenvalue weighted by molar-refractivity contribution is 6.39. The van der Waals surface area contributed by atoms with Crippen LogP contribution in [-0.4, -0.2) is 35.7 Å². The Bertz CT molecular complexity index is 750. The summed E-state index contributed by atoms with van der Waals surface area (Å²) in [5, 5.41) is 13.7. The van der Waals surface area contributed by atoms with E-state index in [0.29, 0.717) is 0 Å². The van der Waals surface area contributed by atoms with Gasteiger partial charge in [0.2, 0.25) is 6.54 Å². The fourth-order valence-electron chi connectivity index (χ4n) is 3.18. The third-order valence-corrected chi connectivity index (χ3v) is 5.15. The standard InChI is InChI=1S/C17H18Cl2N2O6/c1-9-5-14(22)10(11(9)7-21(25)26)6-16(24)27-8-15(23)20-17-12(18)3-2-4-13(17)19/h2-4,9-11H,5-8H2,1H3,(H,20,23)/t9-,10+,11-/m1/s1. The van der Waals surface area contributed by atoms with Crippen molar-refractivity contribution in [2.75, 3.05) is 18.5 Å². The molecular weight excluding hydrogens is 399 g/mol. The molecule has 8 nitrogen and oxygen atoms in total. The molecule has 0 aromatic heterocycles. The molecule has 10 heteroatoms. The van der Waals surface area contributed by atoms with E-state index in [1.54, 1.807) is 13.0 Å². The van der Waals surface area contributed by atoms with Gasteiger partial charge in [0, 0.05) is 23.2 Å². The van der Waals surface area contributed by atoms with E-state index in [0.717, 1.165) is 0 Å². The number of ketones is 1. The van der Waals surface area contributed by atoms with Crippen LogP contribution in [0.15, 0.2) is 18.2 Å². The van der Waals surface area contributed by atoms with Gasteiger partial charge in [0.05, 0.1) is 22.2 Å². The van der Waals surface area contributed by atoms with Crippen LogP contribution < -0.4 is 5.32 Å². The Morgan fingerprint density at radius 2 is 1.96 bits per heavy atom. The van der Waals surface area contributed by atoms with Gasteiger partial charge in [-0.05, 0) is 18.1 Å². The fraction of sp³-hybridized carbons (Fsp3) is 0.471. The Hall–Kier alpha value is -2.19. The number of carbonyl (C=O) groups excluding carboxylic acids is 3. The topological polar surface area (TPSA) is 116 Å². The summed E-state index contributed by atoms with van der Waals surface area (Å²) in [4.78, 5) is 46.2. The van der Waals surface area contributed by atoms with Crippen molar-refractivity contribution >= 4 is 46.5 Å². The summed E-state index contributed by atoms with van der Waals surface area (Å²) in [5.41, 5.74) is 0.202. The molecule has 0 unspecified atom stereocenters. The summed E-state index contributed by atoms with van der Waals surface area (Å²) < 4.78 is 4.90. The van der Waals surface area contributed by atoms with Gasteiger partial charge in [0.15, 0.2) is 6.61 Å². The quantitative estimate of drug-likeness (QED) is 0.414. The number of benzene rings is 1. The van der Waals surface area contributed by atoms with E-state index >= 15 is 0 Å². The van der Waals surface area contributed by atoms with E-state index in [1.165, 1.54) is 12.1 Å². The zero-order valence-electron chi connectivity index (χ0n) is 14.4. The highest BCUT2D eigenvalue weighted by atomic mass is 35.5. The lowest BCUT2D eigenvalue weighted by Gasteiger charge is -2.17. The molecule has 0 bridgehead atoms. The minimum atomic E-state index is -0.767. The number of carbonyl (C=O) groups is 3. The Kier molecular flexibility index (Phi) is 7.15. The highest BCUT2D eigenvalue weighted by Crippen LogP contribution is 2.36. The minimum Gasteiger partial charge on any atom is -0.456 e. The Morgan fingerprint density at radius 3 is 2.56 bits per heavy atom. The number of rotatable bonds is 7. The van der Waals surface area contributed by atoms with Crippen LogP contribution >= 0.6 is 23.2 Å². The smallest absolute Gasteiger partial charge is 0.307 e. The average molecular weight is 417 g/mol. The number of halogens is 2. The molecule has 0 spiro atoms. The molecule has 1 aromatic rings. The third kappa shape index (κ3) is 5.64. The SMILES string of the molecule is C[C@@H]1CC(=O)[C@@H](CC(=O)OCC(=O)Nc2c(Cl)cccc2Cl)[C@@H]1C[N+](=O)[O-]. The number of esters is 1. The lowest BCUT2D eigenvalue weighted by atomic mass is 9.88. The second kappa shape index (κ2) is 9.14. The molecule has 1 fully saturated rings. The molecule has 0 aliphatic heterocycles. The first-order valence-corrected chi connectivity index (χ1v) is 8.98. The second-order valence-electron chi connectivity index (χ2n) is 6.44. The van der Waals surface area contributed by atoms with E-state index in [9.17, 15) is 24.5 Å².